The van der Waals surface area contributed by atoms with Gasteiger partial charge < -0.3 is 19.7 Å². The van der Waals surface area contributed by atoms with Gasteiger partial charge in [0.15, 0.2) is 5.79 Å². The summed E-state index contributed by atoms with van der Waals surface area (Å²) < 4.78 is 10.7. The molecule has 0 aliphatic rings. The van der Waals surface area contributed by atoms with Crippen LogP contribution >= 0.6 is 11.8 Å². The largest absolute Gasteiger partial charge is 0.396 e. The molecule has 1 atom stereocenters. The van der Waals surface area contributed by atoms with Gasteiger partial charge in [-0.15, -0.1) is 11.8 Å². The van der Waals surface area contributed by atoms with Crippen LogP contribution in [0.5, 0.6) is 0 Å². The first-order valence-corrected chi connectivity index (χ1v) is 11.6. The summed E-state index contributed by atoms with van der Waals surface area (Å²) in [6.45, 7) is 16.4. The van der Waals surface area contributed by atoms with Crippen LogP contribution in [0.2, 0.25) is 0 Å². The summed E-state index contributed by atoms with van der Waals surface area (Å²) in [6.07, 6.45) is 3.59. The van der Waals surface area contributed by atoms with Crippen molar-refractivity contribution in [1.82, 2.24) is 0 Å². The van der Waals surface area contributed by atoms with Crippen LogP contribution < -0.4 is 0 Å². The van der Waals surface area contributed by atoms with E-state index in [9.17, 15) is 0 Å². The molecule has 6 heteroatoms. The average molecular weight is 442 g/mol. The van der Waals surface area contributed by atoms with Gasteiger partial charge in [-0.05, 0) is 50.3 Å². The molecule has 2 N–H and O–H groups in total. The van der Waals surface area contributed by atoms with E-state index in [2.05, 4.69) is 51.5 Å². The predicted octanol–water partition coefficient (Wildman–Crippen LogP) is 5.66. The second-order valence-corrected chi connectivity index (χ2v) is 8.67. The highest BCUT2D eigenvalue weighted by molar-refractivity contribution is 8.02. The van der Waals surface area contributed by atoms with Crippen molar-refractivity contribution in [2.45, 2.75) is 72.9 Å². The Balaban J connectivity index is 0. The number of aliphatic imine (C=N–C) groups is 1. The van der Waals surface area contributed by atoms with Crippen LogP contribution in [0.3, 0.4) is 0 Å². The molecule has 0 bridgehead atoms. The quantitative estimate of drug-likeness (QED) is 0.249. The zero-order chi connectivity index (χ0) is 23.3. The van der Waals surface area contributed by atoms with E-state index in [0.717, 1.165) is 18.1 Å². The highest BCUT2D eigenvalue weighted by Crippen LogP contribution is 2.12. The van der Waals surface area contributed by atoms with E-state index in [1.54, 1.807) is 31.8 Å². The van der Waals surface area contributed by atoms with Crippen LogP contribution in [0.4, 0.5) is 0 Å². The van der Waals surface area contributed by atoms with E-state index in [-0.39, 0.29) is 12.7 Å². The molecule has 30 heavy (non-hydrogen) atoms. The number of ether oxygens (including phenoxy) is 2. The molecule has 0 aliphatic heterocycles. The van der Waals surface area contributed by atoms with Crippen LogP contribution in [0.1, 0.15) is 59.9 Å². The van der Waals surface area contributed by atoms with Crippen LogP contribution in [-0.2, 0) is 16.1 Å². The summed E-state index contributed by atoms with van der Waals surface area (Å²) in [6, 6.07) is 10.3. The highest BCUT2D eigenvalue weighted by Gasteiger charge is 2.10. The smallest absolute Gasteiger partial charge is 0.159 e. The lowest BCUT2D eigenvalue weighted by Gasteiger charge is -2.17. The molecule has 174 valence electrons. The third kappa shape index (κ3) is 26.8. The summed E-state index contributed by atoms with van der Waals surface area (Å²) in [4.78, 5) is 3.66. The van der Waals surface area contributed by atoms with Crippen molar-refractivity contribution in [2.75, 3.05) is 19.0 Å². The lowest BCUT2D eigenvalue weighted by Crippen LogP contribution is -2.23. The summed E-state index contributed by atoms with van der Waals surface area (Å²) in [5.74, 6) is 0.727. The maximum atomic E-state index is 8.94. The minimum atomic E-state index is -1.06. The molecule has 5 nitrogen and oxygen atoms in total. The molecule has 1 unspecified atom stereocenters. The maximum absolute atomic E-state index is 8.94. The molecule has 0 radical (unpaired) electrons. The molecule has 0 spiro atoms. The molecule has 1 rings (SSSR count). The van der Waals surface area contributed by atoms with Crippen LogP contribution in [0.25, 0.3) is 0 Å². The molecular formula is C24H43NO4S. The minimum absolute atomic E-state index is 0.107. The van der Waals surface area contributed by atoms with E-state index in [1.807, 2.05) is 23.6 Å². The third-order valence-corrected chi connectivity index (χ3v) is 3.96. The number of aliphatic hydroxyl groups is 2. The van der Waals surface area contributed by atoms with Crippen molar-refractivity contribution < 1.29 is 19.7 Å². The molecule has 0 aliphatic carbocycles. The summed E-state index contributed by atoms with van der Waals surface area (Å²) in [5, 5.41) is 19.2. The van der Waals surface area contributed by atoms with Gasteiger partial charge in [0.2, 0.25) is 0 Å². The van der Waals surface area contributed by atoms with Gasteiger partial charge in [-0.1, -0.05) is 58.0 Å². The lowest BCUT2D eigenvalue weighted by atomic mass is 10.2. The Bertz CT molecular complexity index is 513. The van der Waals surface area contributed by atoms with Gasteiger partial charge in [0.25, 0.3) is 0 Å². The van der Waals surface area contributed by atoms with Crippen molar-refractivity contribution in [2.24, 2.45) is 10.9 Å². The monoisotopic (exact) mass is 441 g/mol. The number of nitrogens with zero attached hydrogens (tertiary/aromatic N) is 1. The molecular weight excluding hydrogens is 398 g/mol. The Morgan fingerprint density at radius 3 is 2.27 bits per heavy atom. The van der Waals surface area contributed by atoms with Crippen LogP contribution in [-0.4, -0.2) is 47.8 Å². The fourth-order valence-electron chi connectivity index (χ4n) is 1.71. The van der Waals surface area contributed by atoms with Gasteiger partial charge in [0, 0.05) is 18.6 Å². The number of rotatable bonds is 12. The molecule has 0 amide bonds. The van der Waals surface area contributed by atoms with Crippen LogP contribution in [0.15, 0.2) is 46.9 Å². The van der Waals surface area contributed by atoms with Gasteiger partial charge in [-0.3, -0.25) is 4.99 Å². The second kappa shape index (κ2) is 21.1. The predicted molar refractivity (Wildman–Crippen MR) is 131 cm³/mol. The molecule has 1 aromatic carbocycles. The van der Waals surface area contributed by atoms with Gasteiger partial charge in [-0.2, -0.15) is 0 Å². The fraction of sp³-hybridized carbons (Fsp3) is 0.625. The first-order valence-electron chi connectivity index (χ1n) is 10.5. The SMILES string of the molecule is C=N/C=C\SCC(CC)OCc1ccccc1.CC(C)(O)OCCCO.CC(C)C. The second-order valence-electron chi connectivity index (χ2n) is 7.73. The summed E-state index contributed by atoms with van der Waals surface area (Å²) in [7, 11) is 0. The van der Waals surface area contributed by atoms with Gasteiger partial charge in [-0.25, -0.2) is 0 Å². The van der Waals surface area contributed by atoms with Gasteiger partial charge in [0.1, 0.15) is 0 Å². The molecule has 0 saturated heterocycles. The topological polar surface area (TPSA) is 71.3 Å². The van der Waals surface area contributed by atoms with E-state index in [1.165, 1.54) is 5.56 Å². The Hall–Kier alpha value is -1.18. The van der Waals surface area contributed by atoms with Crippen LogP contribution in [0, 0.1) is 5.92 Å². The van der Waals surface area contributed by atoms with E-state index in [4.69, 9.17) is 19.7 Å². The van der Waals surface area contributed by atoms with E-state index < -0.39 is 5.79 Å². The standard InChI is InChI=1S/C14H19NOS.C6H14O3.C4H10/c1-3-14(12-17-10-9-15-2)16-11-13-7-5-4-6-8-13;1-6(2,8)9-5-3-4-7;1-4(2)3/h4-10,14H,2-3,11-12H2,1H3;7-8H,3-5H2,1-2H3;4H,1-3H3/b10-9-;;. The average Bonchev–Trinajstić information content (AvgIpc) is 2.68. The Morgan fingerprint density at radius 1 is 1.20 bits per heavy atom. The molecule has 0 heterocycles. The first-order chi connectivity index (χ1) is 14.2. The van der Waals surface area contributed by atoms with Gasteiger partial charge in [0.05, 0.1) is 19.3 Å². The van der Waals surface area contributed by atoms with Crippen molar-refractivity contribution in [3.05, 3.63) is 47.5 Å². The summed E-state index contributed by atoms with van der Waals surface area (Å²) >= 11 is 1.71. The normalized spacial score (nSPS) is 12.0. The maximum Gasteiger partial charge on any atom is 0.159 e. The molecule has 0 fully saturated rings. The first kappa shape index (κ1) is 31.0. The zero-order valence-corrected chi connectivity index (χ0v) is 20.5. The van der Waals surface area contributed by atoms with Gasteiger partial charge >= 0.3 is 0 Å². The summed E-state index contributed by atoms with van der Waals surface area (Å²) in [5.41, 5.74) is 1.22. The van der Waals surface area contributed by atoms with Crippen molar-refractivity contribution >= 4 is 18.5 Å². The number of benzene rings is 1. The minimum Gasteiger partial charge on any atom is -0.396 e. The number of thioether (sulfide) groups is 1. The number of aliphatic hydroxyl groups excluding tert-OH is 1. The Morgan fingerprint density at radius 2 is 1.80 bits per heavy atom. The number of hydrogen-bond donors (Lipinski definition) is 2. The molecule has 0 aromatic heterocycles. The fourth-order valence-corrected chi connectivity index (χ4v) is 2.54. The lowest BCUT2D eigenvalue weighted by molar-refractivity contribution is -0.177. The third-order valence-electron chi connectivity index (χ3n) is 3.09. The van der Waals surface area contributed by atoms with E-state index >= 15 is 0 Å². The van der Waals surface area contributed by atoms with Crippen molar-refractivity contribution in [3.63, 3.8) is 0 Å². The molecule has 0 saturated carbocycles. The Labute approximate surface area is 188 Å². The van der Waals surface area contributed by atoms with E-state index in [0.29, 0.717) is 19.6 Å². The zero-order valence-electron chi connectivity index (χ0n) is 19.7. The molecule has 1 aromatic rings. The van der Waals surface area contributed by atoms with Crippen molar-refractivity contribution in [3.8, 4) is 0 Å². The van der Waals surface area contributed by atoms with Crippen molar-refractivity contribution in [1.29, 1.82) is 0 Å². The highest BCUT2D eigenvalue weighted by atomic mass is 32.2. The Kier molecular flexibility index (Phi) is 21.8. The number of hydrogen-bond acceptors (Lipinski definition) is 6.